The van der Waals surface area contributed by atoms with Gasteiger partial charge in [0.2, 0.25) is 0 Å². The molecule has 0 spiro atoms. The Morgan fingerprint density at radius 2 is 1.60 bits per heavy atom. The van der Waals surface area contributed by atoms with Crippen molar-refractivity contribution in [2.75, 3.05) is 0 Å². The number of halogens is 3. The number of ketones is 1. The standard InChI is InChI=1S/C16H21F3O/c1-10(2)7-12-5-6-13(8-11(3)4)14(9-12)15(20)16(17,18)19/h5-6,9-11H,7-8H2,1-4H3. The van der Waals surface area contributed by atoms with Crippen molar-refractivity contribution in [2.45, 2.75) is 46.7 Å². The van der Waals surface area contributed by atoms with Crippen molar-refractivity contribution >= 4 is 5.78 Å². The first-order valence-corrected chi connectivity index (χ1v) is 6.84. The van der Waals surface area contributed by atoms with Gasteiger partial charge in [-0.2, -0.15) is 13.2 Å². The molecule has 0 radical (unpaired) electrons. The highest BCUT2D eigenvalue weighted by Gasteiger charge is 2.40. The average Bonchev–Trinajstić information content (AvgIpc) is 2.27. The largest absolute Gasteiger partial charge is 0.454 e. The van der Waals surface area contributed by atoms with Crippen molar-refractivity contribution in [1.82, 2.24) is 0 Å². The third kappa shape index (κ3) is 4.66. The minimum absolute atomic E-state index is 0.190. The van der Waals surface area contributed by atoms with Crippen molar-refractivity contribution in [3.8, 4) is 0 Å². The quantitative estimate of drug-likeness (QED) is 0.709. The fourth-order valence-electron chi connectivity index (χ4n) is 2.20. The minimum Gasteiger partial charge on any atom is -0.284 e. The molecule has 1 nitrogen and oxygen atoms in total. The molecule has 1 rings (SSSR count). The van der Waals surface area contributed by atoms with E-state index >= 15 is 0 Å². The van der Waals surface area contributed by atoms with E-state index in [0.717, 1.165) is 5.56 Å². The lowest BCUT2D eigenvalue weighted by atomic mass is 9.91. The molecule has 0 aliphatic rings. The van der Waals surface area contributed by atoms with E-state index in [4.69, 9.17) is 0 Å². The molecular formula is C16H21F3O. The zero-order valence-corrected chi connectivity index (χ0v) is 12.3. The van der Waals surface area contributed by atoms with Crippen molar-refractivity contribution in [1.29, 1.82) is 0 Å². The van der Waals surface area contributed by atoms with Crippen LogP contribution in [0, 0.1) is 11.8 Å². The molecule has 0 aliphatic carbocycles. The number of hydrogen-bond acceptors (Lipinski definition) is 1. The highest BCUT2D eigenvalue weighted by atomic mass is 19.4. The first-order chi connectivity index (χ1) is 9.11. The molecule has 0 amide bonds. The number of Topliss-reactive ketones (excluding diaryl/α,β-unsaturated/α-hetero) is 1. The van der Waals surface area contributed by atoms with Gasteiger partial charge in [0, 0.05) is 5.56 Å². The lowest BCUT2D eigenvalue weighted by Crippen LogP contribution is -2.24. The van der Waals surface area contributed by atoms with E-state index in [2.05, 4.69) is 0 Å². The van der Waals surface area contributed by atoms with Gasteiger partial charge in [-0.25, -0.2) is 0 Å². The van der Waals surface area contributed by atoms with E-state index in [1.54, 1.807) is 6.07 Å². The second-order valence-electron chi connectivity index (χ2n) is 6.01. The highest BCUT2D eigenvalue weighted by Crippen LogP contribution is 2.26. The van der Waals surface area contributed by atoms with Crippen LogP contribution in [0.15, 0.2) is 18.2 Å². The molecule has 0 bridgehead atoms. The van der Waals surface area contributed by atoms with E-state index in [1.165, 1.54) is 6.07 Å². The summed E-state index contributed by atoms with van der Waals surface area (Å²) in [6.07, 6.45) is -3.68. The molecule has 1 aromatic carbocycles. The molecule has 0 N–H and O–H groups in total. The van der Waals surface area contributed by atoms with Crippen LogP contribution in [0.2, 0.25) is 0 Å². The maximum absolute atomic E-state index is 12.7. The van der Waals surface area contributed by atoms with Gasteiger partial charge in [0.15, 0.2) is 0 Å². The summed E-state index contributed by atoms with van der Waals surface area (Å²) in [7, 11) is 0. The number of carbonyl (C=O) groups excluding carboxylic acids is 1. The van der Waals surface area contributed by atoms with Gasteiger partial charge in [0.05, 0.1) is 0 Å². The molecule has 20 heavy (non-hydrogen) atoms. The van der Waals surface area contributed by atoms with E-state index in [9.17, 15) is 18.0 Å². The monoisotopic (exact) mass is 286 g/mol. The van der Waals surface area contributed by atoms with Gasteiger partial charge in [-0.1, -0.05) is 39.8 Å². The molecule has 0 atom stereocenters. The van der Waals surface area contributed by atoms with Crippen molar-refractivity contribution in [3.05, 3.63) is 34.9 Å². The van der Waals surface area contributed by atoms with Gasteiger partial charge in [0.1, 0.15) is 0 Å². The van der Waals surface area contributed by atoms with E-state index in [-0.39, 0.29) is 11.5 Å². The summed E-state index contributed by atoms with van der Waals surface area (Å²) in [6, 6.07) is 4.90. The number of carbonyl (C=O) groups is 1. The SMILES string of the molecule is CC(C)Cc1ccc(CC(C)C)c(C(=O)C(F)(F)F)c1. The van der Waals surface area contributed by atoms with Gasteiger partial charge in [0.25, 0.3) is 5.78 Å². The van der Waals surface area contributed by atoms with Crippen LogP contribution < -0.4 is 0 Å². The molecule has 0 unspecified atom stereocenters. The van der Waals surface area contributed by atoms with Gasteiger partial charge in [-0.3, -0.25) is 4.79 Å². The van der Waals surface area contributed by atoms with Crippen LogP contribution in [0.3, 0.4) is 0 Å². The maximum atomic E-state index is 12.7. The fraction of sp³-hybridized carbons (Fsp3) is 0.562. The predicted octanol–water partition coefficient (Wildman–Crippen LogP) is 4.83. The van der Waals surface area contributed by atoms with Crippen molar-refractivity contribution in [3.63, 3.8) is 0 Å². The summed E-state index contributed by atoms with van der Waals surface area (Å²) in [5.41, 5.74) is 1.07. The summed E-state index contributed by atoms with van der Waals surface area (Å²) in [5.74, 6) is -1.20. The van der Waals surface area contributed by atoms with Gasteiger partial charge >= 0.3 is 6.18 Å². The van der Waals surface area contributed by atoms with Crippen molar-refractivity contribution in [2.24, 2.45) is 11.8 Å². The topological polar surface area (TPSA) is 17.1 Å². The summed E-state index contributed by atoms with van der Waals surface area (Å²) in [5, 5.41) is 0. The molecule has 0 saturated carbocycles. The summed E-state index contributed by atoms with van der Waals surface area (Å²) in [4.78, 5) is 11.6. The second kappa shape index (κ2) is 6.42. The zero-order valence-electron chi connectivity index (χ0n) is 12.3. The molecule has 1 aromatic rings. The Bertz CT molecular complexity index is 473. The summed E-state index contributed by atoms with van der Waals surface area (Å²) >= 11 is 0. The average molecular weight is 286 g/mol. The Morgan fingerprint density at radius 1 is 1.05 bits per heavy atom. The third-order valence-corrected chi connectivity index (χ3v) is 2.95. The summed E-state index contributed by atoms with van der Waals surface area (Å²) < 4.78 is 38.1. The predicted molar refractivity (Wildman–Crippen MR) is 73.9 cm³/mol. The first kappa shape index (κ1) is 16.7. The smallest absolute Gasteiger partial charge is 0.284 e. The zero-order chi connectivity index (χ0) is 15.5. The first-order valence-electron chi connectivity index (χ1n) is 6.84. The van der Waals surface area contributed by atoms with E-state index in [1.807, 2.05) is 33.8 Å². The highest BCUT2D eigenvalue weighted by molar-refractivity contribution is 6.01. The Balaban J connectivity index is 3.22. The number of benzene rings is 1. The molecule has 0 saturated heterocycles. The maximum Gasteiger partial charge on any atom is 0.454 e. The van der Waals surface area contributed by atoms with Crippen molar-refractivity contribution < 1.29 is 18.0 Å². The Labute approximate surface area is 118 Å². The molecule has 0 fully saturated rings. The Hall–Kier alpha value is -1.32. The van der Waals surface area contributed by atoms with Crippen LogP contribution in [0.25, 0.3) is 0 Å². The van der Waals surface area contributed by atoms with Crippen LogP contribution in [-0.4, -0.2) is 12.0 Å². The normalized spacial score (nSPS) is 12.2. The fourth-order valence-corrected chi connectivity index (χ4v) is 2.20. The number of alkyl halides is 3. The lowest BCUT2D eigenvalue weighted by molar-refractivity contribution is -0.0885. The van der Waals surface area contributed by atoms with E-state index < -0.39 is 12.0 Å². The summed E-state index contributed by atoms with van der Waals surface area (Å²) in [6.45, 7) is 7.83. The van der Waals surface area contributed by atoms with Crippen LogP contribution in [0.5, 0.6) is 0 Å². The van der Waals surface area contributed by atoms with Gasteiger partial charge in [-0.15, -0.1) is 0 Å². The number of hydrogen-bond donors (Lipinski definition) is 0. The Morgan fingerprint density at radius 3 is 2.05 bits per heavy atom. The molecule has 0 aliphatic heterocycles. The van der Waals surface area contributed by atoms with Gasteiger partial charge < -0.3 is 0 Å². The van der Waals surface area contributed by atoms with Gasteiger partial charge in [-0.05, 0) is 41.9 Å². The third-order valence-electron chi connectivity index (χ3n) is 2.95. The second-order valence-corrected chi connectivity index (χ2v) is 6.01. The molecule has 0 aromatic heterocycles. The lowest BCUT2D eigenvalue weighted by Gasteiger charge is -2.15. The Kier molecular flexibility index (Phi) is 5.37. The molecule has 0 heterocycles. The van der Waals surface area contributed by atoms with Crippen LogP contribution in [0.1, 0.15) is 49.2 Å². The number of rotatable bonds is 5. The molecular weight excluding hydrogens is 265 g/mol. The van der Waals surface area contributed by atoms with Crippen LogP contribution in [-0.2, 0) is 12.8 Å². The van der Waals surface area contributed by atoms with Crippen LogP contribution >= 0.6 is 0 Å². The molecule has 112 valence electrons. The van der Waals surface area contributed by atoms with Crippen LogP contribution in [0.4, 0.5) is 13.2 Å². The minimum atomic E-state index is -4.82. The van der Waals surface area contributed by atoms with E-state index in [0.29, 0.717) is 24.3 Å². The molecule has 4 heteroatoms.